The van der Waals surface area contributed by atoms with Gasteiger partial charge in [-0.3, -0.25) is 4.79 Å². The van der Waals surface area contributed by atoms with E-state index in [9.17, 15) is 4.79 Å². The normalized spacial score (nSPS) is 15.7. The third-order valence-corrected chi connectivity index (χ3v) is 4.92. The fourth-order valence-electron chi connectivity index (χ4n) is 3.38. The molecule has 1 N–H and O–H groups in total. The lowest BCUT2D eigenvalue weighted by Gasteiger charge is -2.13. The van der Waals surface area contributed by atoms with Crippen LogP contribution >= 0.6 is 11.6 Å². The van der Waals surface area contributed by atoms with E-state index in [1.807, 2.05) is 29.8 Å². The van der Waals surface area contributed by atoms with Gasteiger partial charge in [0.1, 0.15) is 6.54 Å². The lowest BCUT2D eigenvalue weighted by atomic mass is 10.1. The molecule has 2 aromatic rings. The Morgan fingerprint density at radius 1 is 1.32 bits per heavy atom. The Balaban J connectivity index is 1.95. The van der Waals surface area contributed by atoms with Gasteiger partial charge >= 0.3 is 5.97 Å². The zero-order valence-electron chi connectivity index (χ0n) is 12.8. The minimum Gasteiger partial charge on any atom is -0.480 e. The fraction of sp³-hybridized carbons (Fsp3) is 0.471. The molecule has 3 rings (SSSR count). The summed E-state index contributed by atoms with van der Waals surface area (Å²) >= 11 is 6.22. The van der Waals surface area contributed by atoms with Crippen LogP contribution in [-0.2, 0) is 17.8 Å². The van der Waals surface area contributed by atoms with Gasteiger partial charge in [-0.25, -0.2) is 0 Å². The van der Waals surface area contributed by atoms with Crippen LogP contribution in [0.5, 0.6) is 0 Å². The maximum Gasteiger partial charge on any atom is 0.323 e. The summed E-state index contributed by atoms with van der Waals surface area (Å²) < 4.78 is 1.82. The SMILES string of the molecule is Cc1c(Cl)ccc2c(CCN3CCCC3)cn(CC(=O)O)c12. The number of benzene rings is 1. The number of aromatic nitrogens is 1. The predicted molar refractivity (Wildman–Crippen MR) is 88.7 cm³/mol. The molecule has 0 atom stereocenters. The number of carbonyl (C=O) groups is 1. The predicted octanol–water partition coefficient (Wildman–Crippen LogP) is 3.33. The van der Waals surface area contributed by atoms with Crippen LogP contribution < -0.4 is 0 Å². The number of carboxylic acids is 1. The number of carboxylic acid groups (broad SMARTS) is 1. The molecule has 0 bridgehead atoms. The molecule has 0 amide bonds. The Labute approximate surface area is 135 Å². The second-order valence-electron chi connectivity index (χ2n) is 6.04. The zero-order valence-corrected chi connectivity index (χ0v) is 13.6. The van der Waals surface area contributed by atoms with Gasteiger partial charge in [-0.2, -0.15) is 0 Å². The van der Waals surface area contributed by atoms with Crippen molar-refractivity contribution in [3.05, 3.63) is 34.5 Å². The molecule has 0 unspecified atom stereocenters. The van der Waals surface area contributed by atoms with Gasteiger partial charge in [-0.1, -0.05) is 17.7 Å². The standard InChI is InChI=1S/C17H21ClN2O2/c1-12-15(18)5-4-14-13(6-9-19-7-2-3-8-19)10-20(17(12)14)11-16(21)22/h4-5,10H,2-3,6-9,11H2,1H3,(H,21,22). The first-order chi connectivity index (χ1) is 10.6. The first-order valence-corrected chi connectivity index (χ1v) is 8.15. The van der Waals surface area contributed by atoms with Crippen LogP contribution in [0.3, 0.4) is 0 Å². The van der Waals surface area contributed by atoms with Crippen molar-refractivity contribution in [3.63, 3.8) is 0 Å². The largest absolute Gasteiger partial charge is 0.480 e. The fourth-order valence-corrected chi connectivity index (χ4v) is 3.53. The number of nitrogens with zero attached hydrogens (tertiary/aromatic N) is 2. The van der Waals surface area contributed by atoms with E-state index in [4.69, 9.17) is 16.7 Å². The minimum absolute atomic E-state index is 0.0264. The van der Waals surface area contributed by atoms with Crippen molar-refractivity contribution in [2.45, 2.75) is 32.7 Å². The van der Waals surface area contributed by atoms with Gasteiger partial charge in [0.2, 0.25) is 0 Å². The molecule has 1 saturated heterocycles. The Morgan fingerprint density at radius 3 is 2.73 bits per heavy atom. The van der Waals surface area contributed by atoms with Crippen molar-refractivity contribution >= 4 is 28.5 Å². The van der Waals surface area contributed by atoms with Crippen LogP contribution in [-0.4, -0.2) is 40.2 Å². The molecule has 2 heterocycles. The molecule has 4 nitrogen and oxygen atoms in total. The number of rotatable bonds is 5. The summed E-state index contributed by atoms with van der Waals surface area (Å²) in [4.78, 5) is 13.6. The van der Waals surface area contributed by atoms with Gasteiger partial charge < -0.3 is 14.6 Å². The molecular weight excluding hydrogens is 300 g/mol. The van der Waals surface area contributed by atoms with Crippen molar-refractivity contribution in [3.8, 4) is 0 Å². The van der Waals surface area contributed by atoms with Crippen molar-refractivity contribution in [2.75, 3.05) is 19.6 Å². The molecule has 1 aliphatic heterocycles. The number of hydrogen-bond acceptors (Lipinski definition) is 2. The molecule has 5 heteroatoms. The highest BCUT2D eigenvalue weighted by molar-refractivity contribution is 6.32. The lowest BCUT2D eigenvalue weighted by molar-refractivity contribution is -0.137. The molecule has 1 aromatic heterocycles. The number of hydrogen-bond donors (Lipinski definition) is 1. The lowest BCUT2D eigenvalue weighted by Crippen LogP contribution is -2.21. The quantitative estimate of drug-likeness (QED) is 0.919. The van der Waals surface area contributed by atoms with Crippen LogP contribution in [0.25, 0.3) is 10.9 Å². The summed E-state index contributed by atoms with van der Waals surface area (Å²) in [6, 6.07) is 3.92. The highest BCUT2D eigenvalue weighted by Crippen LogP contribution is 2.30. The van der Waals surface area contributed by atoms with Crippen LogP contribution in [0.1, 0.15) is 24.0 Å². The topological polar surface area (TPSA) is 45.5 Å². The number of halogens is 1. The van der Waals surface area contributed by atoms with Crippen LogP contribution in [0.4, 0.5) is 0 Å². The monoisotopic (exact) mass is 320 g/mol. The average Bonchev–Trinajstić information content (AvgIpc) is 3.08. The third kappa shape index (κ3) is 2.99. The Kier molecular flexibility index (Phi) is 4.41. The maximum atomic E-state index is 11.1. The van der Waals surface area contributed by atoms with Crippen LogP contribution in [0.15, 0.2) is 18.3 Å². The Bertz CT molecular complexity index is 702. The Morgan fingerprint density at radius 2 is 2.05 bits per heavy atom. The molecule has 1 aromatic carbocycles. The van der Waals surface area contributed by atoms with Crippen molar-refractivity contribution < 1.29 is 9.90 Å². The van der Waals surface area contributed by atoms with E-state index in [0.717, 1.165) is 29.4 Å². The molecular formula is C17H21ClN2O2. The van der Waals surface area contributed by atoms with E-state index < -0.39 is 5.97 Å². The van der Waals surface area contributed by atoms with Crippen molar-refractivity contribution in [1.29, 1.82) is 0 Å². The van der Waals surface area contributed by atoms with E-state index in [2.05, 4.69) is 4.90 Å². The molecule has 0 spiro atoms. The molecule has 0 saturated carbocycles. The van der Waals surface area contributed by atoms with E-state index in [0.29, 0.717) is 5.02 Å². The summed E-state index contributed by atoms with van der Waals surface area (Å²) in [5, 5.41) is 10.9. The smallest absolute Gasteiger partial charge is 0.323 e. The van der Waals surface area contributed by atoms with Crippen LogP contribution in [0, 0.1) is 6.92 Å². The average molecular weight is 321 g/mol. The van der Waals surface area contributed by atoms with Gasteiger partial charge in [0.25, 0.3) is 0 Å². The summed E-state index contributed by atoms with van der Waals surface area (Å²) in [5.74, 6) is -0.831. The number of fused-ring (bicyclic) bond motifs is 1. The minimum atomic E-state index is -0.831. The van der Waals surface area contributed by atoms with Gasteiger partial charge in [0, 0.05) is 23.2 Å². The second kappa shape index (κ2) is 6.31. The summed E-state index contributed by atoms with van der Waals surface area (Å²) in [6.07, 6.45) is 5.51. The number of aliphatic carboxylic acids is 1. The van der Waals surface area contributed by atoms with Gasteiger partial charge in [0.15, 0.2) is 0 Å². The maximum absolute atomic E-state index is 11.1. The summed E-state index contributed by atoms with van der Waals surface area (Å²) in [7, 11) is 0. The summed E-state index contributed by atoms with van der Waals surface area (Å²) in [5.41, 5.74) is 3.11. The third-order valence-electron chi connectivity index (χ3n) is 4.51. The van der Waals surface area contributed by atoms with E-state index >= 15 is 0 Å². The highest BCUT2D eigenvalue weighted by Gasteiger charge is 2.16. The number of likely N-dealkylation sites (tertiary alicyclic amines) is 1. The molecule has 22 heavy (non-hydrogen) atoms. The summed E-state index contributed by atoms with van der Waals surface area (Å²) in [6.45, 7) is 5.32. The van der Waals surface area contributed by atoms with Crippen molar-refractivity contribution in [1.82, 2.24) is 9.47 Å². The highest BCUT2D eigenvalue weighted by atomic mass is 35.5. The molecule has 1 aliphatic rings. The van der Waals surface area contributed by atoms with Gasteiger partial charge in [0.05, 0.1) is 5.52 Å². The van der Waals surface area contributed by atoms with E-state index in [1.165, 1.54) is 31.5 Å². The molecule has 1 fully saturated rings. The van der Waals surface area contributed by atoms with Gasteiger partial charge in [-0.15, -0.1) is 0 Å². The Hall–Kier alpha value is -1.52. The van der Waals surface area contributed by atoms with Gasteiger partial charge in [-0.05, 0) is 56.5 Å². The first kappa shape index (κ1) is 15.4. The first-order valence-electron chi connectivity index (χ1n) is 7.77. The van der Waals surface area contributed by atoms with E-state index in [-0.39, 0.29) is 6.54 Å². The van der Waals surface area contributed by atoms with E-state index in [1.54, 1.807) is 0 Å². The molecule has 118 valence electrons. The molecule has 0 radical (unpaired) electrons. The molecule has 0 aliphatic carbocycles. The second-order valence-corrected chi connectivity index (χ2v) is 6.45. The zero-order chi connectivity index (χ0) is 15.7. The van der Waals surface area contributed by atoms with Crippen LogP contribution in [0.2, 0.25) is 5.02 Å². The van der Waals surface area contributed by atoms with Crippen molar-refractivity contribution in [2.24, 2.45) is 0 Å². The number of aryl methyl sites for hydroxylation is 1.